The van der Waals surface area contributed by atoms with Crippen LogP contribution in [0.25, 0.3) is 0 Å². The van der Waals surface area contributed by atoms with E-state index in [2.05, 4.69) is 0 Å². The molecule has 23 heavy (non-hydrogen) atoms. The SMILES string of the molecule is C[C@H]([C@H](Sc1ccccc1N)c1ccc(N(C)C)cc1)[N+](=O)[O-]. The Hall–Kier alpha value is -2.21. The summed E-state index contributed by atoms with van der Waals surface area (Å²) < 4.78 is 0. The normalized spacial score (nSPS) is 13.3. The fraction of sp³-hybridized carbons (Fsp3) is 0.294. The molecule has 122 valence electrons. The van der Waals surface area contributed by atoms with Crippen LogP contribution in [0.4, 0.5) is 11.4 Å². The van der Waals surface area contributed by atoms with Crippen LogP contribution in [0.5, 0.6) is 0 Å². The zero-order valence-corrected chi connectivity index (χ0v) is 14.3. The van der Waals surface area contributed by atoms with Crippen LogP contribution in [0.15, 0.2) is 53.4 Å². The number of nitro groups is 1. The lowest BCUT2D eigenvalue weighted by Gasteiger charge is -2.20. The number of nitrogen functional groups attached to an aromatic ring is 1. The molecule has 6 heteroatoms. The molecule has 2 aromatic rings. The highest BCUT2D eigenvalue weighted by atomic mass is 32.2. The molecule has 0 saturated carbocycles. The van der Waals surface area contributed by atoms with Crippen molar-refractivity contribution in [3.05, 3.63) is 64.2 Å². The minimum absolute atomic E-state index is 0.239. The average Bonchev–Trinajstić information content (AvgIpc) is 2.53. The van der Waals surface area contributed by atoms with E-state index >= 15 is 0 Å². The van der Waals surface area contributed by atoms with Crippen LogP contribution in [0.2, 0.25) is 0 Å². The van der Waals surface area contributed by atoms with Crippen LogP contribution < -0.4 is 10.6 Å². The predicted molar refractivity (Wildman–Crippen MR) is 96.7 cm³/mol. The summed E-state index contributed by atoms with van der Waals surface area (Å²) >= 11 is 1.44. The van der Waals surface area contributed by atoms with E-state index in [1.807, 2.05) is 67.5 Å². The topological polar surface area (TPSA) is 72.4 Å². The summed E-state index contributed by atoms with van der Waals surface area (Å²) in [6, 6.07) is 14.6. The molecule has 0 unspecified atom stereocenters. The number of thioether (sulfide) groups is 1. The maximum atomic E-state index is 11.3. The summed E-state index contributed by atoms with van der Waals surface area (Å²) in [4.78, 5) is 13.9. The fourth-order valence-electron chi connectivity index (χ4n) is 2.24. The number of hydrogen-bond donors (Lipinski definition) is 1. The second-order valence-electron chi connectivity index (χ2n) is 5.59. The van der Waals surface area contributed by atoms with Crippen LogP contribution in [-0.2, 0) is 0 Å². The lowest BCUT2D eigenvalue weighted by atomic mass is 10.1. The third kappa shape index (κ3) is 4.16. The molecule has 0 radical (unpaired) electrons. The number of rotatable bonds is 6. The second-order valence-corrected chi connectivity index (χ2v) is 6.77. The first kappa shape index (κ1) is 17.1. The first-order valence-corrected chi connectivity index (χ1v) is 8.20. The molecule has 0 aliphatic heterocycles. The van der Waals surface area contributed by atoms with Gasteiger partial charge >= 0.3 is 0 Å². The van der Waals surface area contributed by atoms with Gasteiger partial charge < -0.3 is 10.6 Å². The molecule has 2 aromatic carbocycles. The zero-order chi connectivity index (χ0) is 17.0. The van der Waals surface area contributed by atoms with Gasteiger partial charge in [-0.25, -0.2) is 0 Å². The van der Waals surface area contributed by atoms with E-state index in [0.717, 1.165) is 16.1 Å². The lowest BCUT2D eigenvalue weighted by Crippen LogP contribution is -2.22. The number of benzene rings is 2. The molecule has 5 nitrogen and oxygen atoms in total. The van der Waals surface area contributed by atoms with Gasteiger partial charge in [-0.3, -0.25) is 10.1 Å². The molecule has 2 rings (SSSR count). The Morgan fingerprint density at radius 1 is 1.13 bits per heavy atom. The Bertz CT molecular complexity index is 674. The fourth-order valence-corrected chi connectivity index (χ4v) is 3.47. The maximum absolute atomic E-state index is 11.3. The van der Waals surface area contributed by atoms with Gasteiger partial charge in [0.05, 0.1) is 0 Å². The van der Waals surface area contributed by atoms with Crippen molar-refractivity contribution in [2.45, 2.75) is 23.1 Å². The minimum Gasteiger partial charge on any atom is -0.398 e. The number of nitrogens with zero attached hydrogens (tertiary/aromatic N) is 2. The van der Waals surface area contributed by atoms with Crippen molar-refractivity contribution in [3.8, 4) is 0 Å². The number of nitrogens with two attached hydrogens (primary N) is 1. The monoisotopic (exact) mass is 331 g/mol. The van der Waals surface area contributed by atoms with Gasteiger partial charge in [-0.2, -0.15) is 0 Å². The van der Waals surface area contributed by atoms with Crippen molar-refractivity contribution < 1.29 is 4.92 Å². The van der Waals surface area contributed by atoms with Crippen molar-refractivity contribution in [2.24, 2.45) is 0 Å². The molecule has 2 N–H and O–H groups in total. The number of anilines is 2. The maximum Gasteiger partial charge on any atom is 0.226 e. The Morgan fingerprint density at radius 2 is 1.74 bits per heavy atom. The standard InChI is InChI=1S/C17H21N3O2S/c1-12(20(21)22)17(23-16-7-5-4-6-15(16)18)13-8-10-14(11-9-13)19(2)3/h4-12,17H,18H2,1-3H3/t12-,17+/m1/s1. The molecule has 0 amide bonds. The van der Waals surface area contributed by atoms with E-state index in [1.54, 1.807) is 6.92 Å². The zero-order valence-electron chi connectivity index (χ0n) is 13.5. The van der Waals surface area contributed by atoms with E-state index in [0.29, 0.717) is 5.69 Å². The lowest BCUT2D eigenvalue weighted by molar-refractivity contribution is -0.518. The largest absolute Gasteiger partial charge is 0.398 e. The molecule has 0 aliphatic rings. The van der Waals surface area contributed by atoms with Crippen molar-refractivity contribution in [1.82, 2.24) is 0 Å². The first-order valence-electron chi connectivity index (χ1n) is 7.32. The van der Waals surface area contributed by atoms with Crippen molar-refractivity contribution >= 4 is 23.1 Å². The van der Waals surface area contributed by atoms with Gasteiger partial charge in [0.2, 0.25) is 6.04 Å². The number of para-hydroxylation sites is 1. The molecule has 0 fully saturated rings. The van der Waals surface area contributed by atoms with E-state index in [1.165, 1.54) is 11.8 Å². The minimum atomic E-state index is -0.718. The van der Waals surface area contributed by atoms with E-state index in [9.17, 15) is 10.1 Å². The first-order chi connectivity index (χ1) is 10.9. The molecule has 0 heterocycles. The summed E-state index contributed by atoms with van der Waals surface area (Å²) in [5, 5.41) is 11.0. The van der Waals surface area contributed by atoms with Gasteiger partial charge in [0.1, 0.15) is 5.25 Å². The number of hydrogen-bond acceptors (Lipinski definition) is 5. The molecule has 0 spiro atoms. The average molecular weight is 331 g/mol. The van der Waals surface area contributed by atoms with Crippen molar-refractivity contribution in [2.75, 3.05) is 24.7 Å². The Kier molecular flexibility index (Phi) is 5.50. The molecular formula is C17H21N3O2S. The van der Waals surface area contributed by atoms with Crippen LogP contribution in [0.3, 0.4) is 0 Å². The highest BCUT2D eigenvalue weighted by Crippen LogP contribution is 2.41. The Balaban J connectivity index is 2.34. The summed E-state index contributed by atoms with van der Waals surface area (Å²) in [6.07, 6.45) is 0. The smallest absolute Gasteiger partial charge is 0.226 e. The van der Waals surface area contributed by atoms with Gasteiger partial charge in [-0.1, -0.05) is 24.3 Å². The van der Waals surface area contributed by atoms with Gasteiger partial charge in [-0.05, 0) is 29.8 Å². The summed E-state index contributed by atoms with van der Waals surface area (Å²) in [5.41, 5.74) is 8.62. The van der Waals surface area contributed by atoms with E-state index in [4.69, 9.17) is 5.73 Å². The van der Waals surface area contributed by atoms with Gasteiger partial charge in [0, 0.05) is 42.2 Å². The summed E-state index contributed by atoms with van der Waals surface area (Å²) in [6.45, 7) is 1.64. The van der Waals surface area contributed by atoms with Gasteiger partial charge in [-0.15, -0.1) is 11.8 Å². The molecule has 2 atom stereocenters. The molecule has 0 aliphatic carbocycles. The van der Waals surface area contributed by atoms with Crippen molar-refractivity contribution in [3.63, 3.8) is 0 Å². The predicted octanol–water partition coefficient (Wildman–Crippen LogP) is 3.83. The van der Waals surface area contributed by atoms with Crippen LogP contribution in [0.1, 0.15) is 17.7 Å². The van der Waals surface area contributed by atoms with Crippen molar-refractivity contribution in [1.29, 1.82) is 0 Å². The van der Waals surface area contributed by atoms with E-state index in [-0.39, 0.29) is 10.2 Å². The van der Waals surface area contributed by atoms with E-state index < -0.39 is 6.04 Å². The van der Waals surface area contributed by atoms with Gasteiger partial charge in [0.25, 0.3) is 0 Å². The summed E-state index contributed by atoms with van der Waals surface area (Å²) in [7, 11) is 3.93. The third-order valence-corrected chi connectivity index (χ3v) is 5.23. The third-order valence-electron chi connectivity index (χ3n) is 3.68. The summed E-state index contributed by atoms with van der Waals surface area (Å²) in [5.74, 6) is 0. The molecule has 0 saturated heterocycles. The van der Waals surface area contributed by atoms with Gasteiger partial charge in [0.15, 0.2) is 0 Å². The highest BCUT2D eigenvalue weighted by Gasteiger charge is 2.29. The molecule has 0 aromatic heterocycles. The van der Waals surface area contributed by atoms with Crippen LogP contribution in [-0.4, -0.2) is 25.1 Å². The second kappa shape index (κ2) is 7.37. The Morgan fingerprint density at radius 3 is 2.26 bits per heavy atom. The Labute approximate surface area is 140 Å². The quantitative estimate of drug-likeness (QED) is 0.377. The van der Waals surface area contributed by atoms with Crippen LogP contribution in [0, 0.1) is 10.1 Å². The molecular weight excluding hydrogens is 310 g/mol. The highest BCUT2D eigenvalue weighted by molar-refractivity contribution is 7.99. The molecule has 0 bridgehead atoms. The van der Waals surface area contributed by atoms with Crippen LogP contribution >= 0.6 is 11.8 Å².